The predicted octanol–water partition coefficient (Wildman–Crippen LogP) is 2.04. The van der Waals surface area contributed by atoms with Crippen LogP contribution in [0.2, 0.25) is 0 Å². The van der Waals surface area contributed by atoms with Gasteiger partial charge in [-0.15, -0.1) is 0 Å². The average Bonchev–Trinajstić information content (AvgIpc) is 2.81. The molecule has 1 atom stereocenters. The summed E-state index contributed by atoms with van der Waals surface area (Å²) in [6, 6.07) is 3.51. The van der Waals surface area contributed by atoms with Crippen LogP contribution >= 0.6 is 0 Å². The molecule has 0 radical (unpaired) electrons. The van der Waals surface area contributed by atoms with Gasteiger partial charge in [0.1, 0.15) is 0 Å². The SMILES string of the molecule is Cc1cc([N+](=O)[O-])ccc1C(=O)N1CC[C@@](O)(C(F)(F)F)C1. The van der Waals surface area contributed by atoms with E-state index >= 15 is 0 Å². The highest BCUT2D eigenvalue weighted by atomic mass is 19.4. The van der Waals surface area contributed by atoms with Crippen LogP contribution in [0.15, 0.2) is 18.2 Å². The maximum absolute atomic E-state index is 12.7. The summed E-state index contributed by atoms with van der Waals surface area (Å²) in [5, 5.41) is 20.2. The summed E-state index contributed by atoms with van der Waals surface area (Å²) in [5.41, 5.74) is -2.74. The lowest BCUT2D eigenvalue weighted by molar-refractivity contribution is -0.384. The average molecular weight is 318 g/mol. The molecule has 1 aromatic rings. The summed E-state index contributed by atoms with van der Waals surface area (Å²) in [7, 11) is 0. The van der Waals surface area contributed by atoms with Crippen molar-refractivity contribution in [1.82, 2.24) is 4.90 Å². The van der Waals surface area contributed by atoms with Crippen molar-refractivity contribution in [2.24, 2.45) is 0 Å². The minimum absolute atomic E-state index is 0.0806. The molecule has 1 heterocycles. The number of nitro groups is 1. The number of amides is 1. The zero-order chi connectivity index (χ0) is 16.7. The number of aryl methyl sites for hydroxylation is 1. The fourth-order valence-corrected chi connectivity index (χ4v) is 2.37. The molecule has 1 N–H and O–H groups in total. The van der Waals surface area contributed by atoms with Gasteiger partial charge < -0.3 is 10.0 Å². The minimum atomic E-state index is -4.81. The lowest BCUT2D eigenvalue weighted by atomic mass is 10.0. The highest BCUT2D eigenvalue weighted by Gasteiger charge is 2.57. The quantitative estimate of drug-likeness (QED) is 0.668. The van der Waals surface area contributed by atoms with Gasteiger partial charge in [-0.05, 0) is 18.6 Å². The third-order valence-corrected chi connectivity index (χ3v) is 3.71. The molecule has 6 nitrogen and oxygen atoms in total. The number of aliphatic hydroxyl groups is 1. The van der Waals surface area contributed by atoms with Crippen LogP contribution in [-0.2, 0) is 0 Å². The molecule has 0 unspecified atom stereocenters. The van der Waals surface area contributed by atoms with Gasteiger partial charge in [0.25, 0.3) is 11.6 Å². The number of β-amino-alcohol motifs (C(OH)–C–C–N with tert-alkyl or cyclic N) is 1. The molecular formula is C13H13F3N2O4. The molecule has 2 rings (SSSR count). The van der Waals surface area contributed by atoms with Crippen LogP contribution in [0.1, 0.15) is 22.3 Å². The van der Waals surface area contributed by atoms with E-state index in [-0.39, 0.29) is 17.8 Å². The highest BCUT2D eigenvalue weighted by molar-refractivity contribution is 5.96. The van der Waals surface area contributed by atoms with Crippen LogP contribution in [0.4, 0.5) is 18.9 Å². The monoisotopic (exact) mass is 318 g/mol. The summed E-state index contributed by atoms with van der Waals surface area (Å²) in [4.78, 5) is 23.2. The second kappa shape index (κ2) is 5.24. The fourth-order valence-electron chi connectivity index (χ4n) is 2.37. The van der Waals surface area contributed by atoms with Crippen molar-refractivity contribution in [3.05, 3.63) is 39.4 Å². The van der Waals surface area contributed by atoms with Crippen LogP contribution in [0.3, 0.4) is 0 Å². The predicted molar refractivity (Wildman–Crippen MR) is 69.4 cm³/mol. The number of alkyl halides is 3. The molecule has 1 aliphatic heterocycles. The van der Waals surface area contributed by atoms with E-state index in [1.54, 1.807) is 0 Å². The van der Waals surface area contributed by atoms with Gasteiger partial charge in [-0.25, -0.2) is 0 Å². The van der Waals surface area contributed by atoms with E-state index in [4.69, 9.17) is 0 Å². The van der Waals surface area contributed by atoms with Crippen LogP contribution in [0, 0.1) is 17.0 Å². The normalized spacial score (nSPS) is 22.0. The van der Waals surface area contributed by atoms with Crippen LogP contribution in [0.25, 0.3) is 0 Å². The maximum Gasteiger partial charge on any atom is 0.419 e. The van der Waals surface area contributed by atoms with Gasteiger partial charge in [-0.3, -0.25) is 14.9 Å². The first-order chi connectivity index (χ1) is 10.0. The lowest BCUT2D eigenvalue weighted by Gasteiger charge is -2.26. The summed E-state index contributed by atoms with van der Waals surface area (Å²) < 4.78 is 38.2. The van der Waals surface area contributed by atoms with E-state index in [2.05, 4.69) is 0 Å². The van der Waals surface area contributed by atoms with Crippen molar-refractivity contribution in [2.45, 2.75) is 25.1 Å². The highest BCUT2D eigenvalue weighted by Crippen LogP contribution is 2.38. The Balaban J connectivity index is 2.22. The van der Waals surface area contributed by atoms with E-state index < -0.39 is 35.6 Å². The van der Waals surface area contributed by atoms with Crippen molar-refractivity contribution >= 4 is 11.6 Å². The molecule has 0 spiro atoms. The Kier molecular flexibility index (Phi) is 3.86. The molecule has 120 valence electrons. The number of hydrogen-bond donors (Lipinski definition) is 1. The van der Waals surface area contributed by atoms with E-state index in [0.717, 1.165) is 11.0 Å². The van der Waals surface area contributed by atoms with Crippen LogP contribution in [0.5, 0.6) is 0 Å². The molecule has 0 aromatic heterocycles. The van der Waals surface area contributed by atoms with Crippen molar-refractivity contribution in [3.63, 3.8) is 0 Å². The molecule has 1 aliphatic rings. The zero-order valence-corrected chi connectivity index (χ0v) is 11.6. The number of nitro benzene ring substituents is 1. The van der Waals surface area contributed by atoms with Crippen molar-refractivity contribution in [1.29, 1.82) is 0 Å². The third kappa shape index (κ3) is 2.76. The Hall–Kier alpha value is -2.16. The van der Waals surface area contributed by atoms with Gasteiger partial charge in [0.05, 0.1) is 11.5 Å². The standard InChI is InChI=1S/C13H13F3N2O4/c1-8-6-9(18(21)22)2-3-10(8)11(19)17-5-4-12(20,7-17)13(14,15)16/h2-3,6,20H,4-5,7H2,1H3/t12-/m0/s1. The summed E-state index contributed by atoms with van der Waals surface area (Å²) >= 11 is 0. The van der Waals surface area contributed by atoms with Crippen LogP contribution < -0.4 is 0 Å². The number of hydrogen-bond acceptors (Lipinski definition) is 4. The number of carbonyl (C=O) groups excluding carboxylic acids is 1. The van der Waals surface area contributed by atoms with Crippen molar-refractivity contribution < 1.29 is 28.0 Å². The first-order valence-electron chi connectivity index (χ1n) is 6.38. The molecule has 1 amide bonds. The van der Waals surface area contributed by atoms with E-state index in [0.29, 0.717) is 5.56 Å². The second-order valence-electron chi connectivity index (χ2n) is 5.26. The number of benzene rings is 1. The van der Waals surface area contributed by atoms with Gasteiger partial charge >= 0.3 is 6.18 Å². The van der Waals surface area contributed by atoms with E-state index in [1.165, 1.54) is 19.1 Å². The van der Waals surface area contributed by atoms with E-state index in [1.807, 2.05) is 0 Å². The smallest absolute Gasteiger partial charge is 0.379 e. The number of halogens is 3. The molecule has 22 heavy (non-hydrogen) atoms. The van der Waals surface area contributed by atoms with Gasteiger partial charge in [0.2, 0.25) is 0 Å². The maximum atomic E-state index is 12.7. The summed E-state index contributed by atoms with van der Waals surface area (Å²) in [5.74, 6) is -0.687. The molecule has 1 fully saturated rings. The number of non-ortho nitro benzene ring substituents is 1. The zero-order valence-electron chi connectivity index (χ0n) is 11.6. The Labute approximate surface area is 123 Å². The third-order valence-electron chi connectivity index (χ3n) is 3.71. The molecule has 9 heteroatoms. The van der Waals surface area contributed by atoms with Gasteiger partial charge in [-0.2, -0.15) is 13.2 Å². The molecule has 1 saturated heterocycles. The van der Waals surface area contributed by atoms with Crippen molar-refractivity contribution in [3.8, 4) is 0 Å². The first kappa shape index (κ1) is 16.2. The van der Waals surface area contributed by atoms with E-state index in [9.17, 15) is 33.2 Å². The number of rotatable bonds is 2. The Morgan fingerprint density at radius 3 is 2.55 bits per heavy atom. The topological polar surface area (TPSA) is 83.7 Å². The minimum Gasteiger partial charge on any atom is -0.379 e. The number of nitrogens with zero attached hydrogens (tertiary/aromatic N) is 2. The Bertz CT molecular complexity index is 632. The molecule has 0 bridgehead atoms. The molecule has 0 aliphatic carbocycles. The molecule has 1 aromatic carbocycles. The number of likely N-dealkylation sites (tertiary alicyclic amines) is 1. The molecule has 0 saturated carbocycles. The molecular weight excluding hydrogens is 305 g/mol. The lowest BCUT2D eigenvalue weighted by Crippen LogP contribution is -2.48. The van der Waals surface area contributed by atoms with Gasteiger partial charge in [0, 0.05) is 30.7 Å². The van der Waals surface area contributed by atoms with Gasteiger partial charge in [-0.1, -0.05) is 0 Å². The largest absolute Gasteiger partial charge is 0.419 e. The number of carbonyl (C=O) groups is 1. The fraction of sp³-hybridized carbons (Fsp3) is 0.462. The second-order valence-corrected chi connectivity index (χ2v) is 5.26. The summed E-state index contributed by atoms with van der Waals surface area (Å²) in [6.45, 7) is 0.392. The van der Waals surface area contributed by atoms with Gasteiger partial charge in [0.15, 0.2) is 5.60 Å². The van der Waals surface area contributed by atoms with Crippen molar-refractivity contribution in [2.75, 3.05) is 13.1 Å². The Morgan fingerprint density at radius 1 is 1.45 bits per heavy atom. The van der Waals surface area contributed by atoms with Crippen LogP contribution in [-0.4, -0.2) is 45.7 Å². The Morgan fingerprint density at radius 2 is 2.09 bits per heavy atom. The first-order valence-corrected chi connectivity index (χ1v) is 6.38. The summed E-state index contributed by atoms with van der Waals surface area (Å²) in [6.07, 6.45) is -5.40.